The van der Waals surface area contributed by atoms with Gasteiger partial charge in [-0.05, 0) is 60.4 Å². The SMILES string of the molecule is Cc1ccc(N2C(=O)CCC(C(=O)OCC(=O)N3CCc4sccc4C3)C2c2cccs2)cc1. The summed E-state index contributed by atoms with van der Waals surface area (Å²) in [6.07, 6.45) is 1.50. The van der Waals surface area contributed by atoms with Crippen LogP contribution >= 0.6 is 22.7 Å². The molecule has 6 nitrogen and oxygen atoms in total. The Morgan fingerprint density at radius 1 is 1.06 bits per heavy atom. The molecule has 0 saturated carbocycles. The standard InChI is InChI=1S/C26H26N2O4S2/c1-17-4-6-19(7-5-17)28-23(29)9-8-20(25(28)22-3-2-13-33-22)26(31)32-16-24(30)27-12-10-21-18(15-27)11-14-34-21/h2-7,11,13-14,20,25H,8-10,12,15-16H2,1H3. The lowest BCUT2D eigenvalue weighted by Gasteiger charge is -2.39. The number of fused-ring (bicyclic) bond motifs is 1. The maximum Gasteiger partial charge on any atom is 0.311 e. The number of rotatable bonds is 5. The molecule has 2 aliphatic heterocycles. The van der Waals surface area contributed by atoms with E-state index >= 15 is 0 Å². The maximum atomic E-state index is 13.3. The van der Waals surface area contributed by atoms with Crippen LogP contribution in [0.1, 0.15) is 39.8 Å². The summed E-state index contributed by atoms with van der Waals surface area (Å²) in [5.41, 5.74) is 3.04. The van der Waals surface area contributed by atoms with Crippen LogP contribution in [0, 0.1) is 12.8 Å². The van der Waals surface area contributed by atoms with E-state index in [1.807, 2.05) is 54.1 Å². The Kier molecular flexibility index (Phi) is 6.52. The summed E-state index contributed by atoms with van der Waals surface area (Å²) in [7, 11) is 0. The van der Waals surface area contributed by atoms with Gasteiger partial charge in [-0.25, -0.2) is 0 Å². The van der Waals surface area contributed by atoms with Gasteiger partial charge in [0.25, 0.3) is 5.91 Å². The van der Waals surface area contributed by atoms with Crippen LogP contribution in [-0.4, -0.2) is 35.8 Å². The van der Waals surface area contributed by atoms with Crippen LogP contribution in [-0.2, 0) is 32.1 Å². The van der Waals surface area contributed by atoms with Gasteiger partial charge in [-0.2, -0.15) is 0 Å². The van der Waals surface area contributed by atoms with Gasteiger partial charge in [0.15, 0.2) is 6.61 Å². The summed E-state index contributed by atoms with van der Waals surface area (Å²) in [4.78, 5) is 44.8. The largest absolute Gasteiger partial charge is 0.455 e. The van der Waals surface area contributed by atoms with Crippen molar-refractivity contribution in [3.63, 3.8) is 0 Å². The van der Waals surface area contributed by atoms with Crippen LogP contribution in [0.3, 0.4) is 0 Å². The molecule has 0 aliphatic carbocycles. The smallest absolute Gasteiger partial charge is 0.311 e. The zero-order valence-corrected chi connectivity index (χ0v) is 20.6. The summed E-state index contributed by atoms with van der Waals surface area (Å²) < 4.78 is 5.57. The lowest BCUT2D eigenvalue weighted by molar-refractivity contribution is -0.157. The highest BCUT2D eigenvalue weighted by molar-refractivity contribution is 7.10. The molecule has 1 saturated heterocycles. The Balaban J connectivity index is 1.32. The summed E-state index contributed by atoms with van der Waals surface area (Å²) in [6.45, 7) is 2.93. The second kappa shape index (κ2) is 9.72. The molecule has 0 bridgehead atoms. The molecule has 5 rings (SSSR count). The average molecular weight is 495 g/mol. The van der Waals surface area contributed by atoms with Gasteiger partial charge >= 0.3 is 5.97 Å². The number of anilines is 1. The van der Waals surface area contributed by atoms with Crippen molar-refractivity contribution in [2.75, 3.05) is 18.1 Å². The second-order valence-corrected chi connectivity index (χ2v) is 10.7. The van der Waals surface area contributed by atoms with Crippen molar-refractivity contribution < 1.29 is 19.1 Å². The Morgan fingerprint density at radius 3 is 2.65 bits per heavy atom. The third kappa shape index (κ3) is 4.52. The fourth-order valence-corrected chi connectivity index (χ4v) is 6.50. The van der Waals surface area contributed by atoms with E-state index in [0.717, 1.165) is 22.5 Å². The Labute approximate surface area is 206 Å². The molecule has 4 heterocycles. The summed E-state index contributed by atoms with van der Waals surface area (Å²) >= 11 is 3.24. The van der Waals surface area contributed by atoms with Gasteiger partial charge in [-0.3, -0.25) is 14.4 Å². The number of piperidine rings is 1. The van der Waals surface area contributed by atoms with Crippen LogP contribution in [0.2, 0.25) is 0 Å². The predicted octanol–water partition coefficient (Wildman–Crippen LogP) is 4.73. The molecule has 2 aromatic heterocycles. The van der Waals surface area contributed by atoms with Crippen molar-refractivity contribution in [1.29, 1.82) is 0 Å². The summed E-state index contributed by atoms with van der Waals surface area (Å²) in [5, 5.41) is 4.00. The first kappa shape index (κ1) is 22.8. The molecule has 8 heteroatoms. The number of carbonyl (C=O) groups is 3. The number of thiophene rings is 2. The zero-order valence-electron chi connectivity index (χ0n) is 18.9. The van der Waals surface area contributed by atoms with Gasteiger partial charge in [0.2, 0.25) is 5.91 Å². The van der Waals surface area contributed by atoms with Gasteiger partial charge in [0.05, 0.1) is 12.0 Å². The number of esters is 1. The van der Waals surface area contributed by atoms with E-state index < -0.39 is 17.9 Å². The quantitative estimate of drug-likeness (QED) is 0.481. The fraction of sp³-hybridized carbons (Fsp3) is 0.346. The van der Waals surface area contributed by atoms with Gasteiger partial charge in [0, 0.05) is 35.0 Å². The molecule has 176 valence electrons. The minimum absolute atomic E-state index is 0.0118. The van der Waals surface area contributed by atoms with E-state index in [0.29, 0.717) is 19.5 Å². The minimum atomic E-state index is -0.532. The number of hydrogen-bond acceptors (Lipinski definition) is 6. The van der Waals surface area contributed by atoms with Crippen LogP contribution in [0.15, 0.2) is 53.2 Å². The van der Waals surface area contributed by atoms with Gasteiger partial charge < -0.3 is 14.5 Å². The second-order valence-electron chi connectivity index (χ2n) is 8.75. The number of ether oxygens (including phenoxy) is 1. The Bertz CT molecular complexity index is 1190. The first-order valence-electron chi connectivity index (χ1n) is 11.4. The first-order chi connectivity index (χ1) is 16.5. The van der Waals surface area contributed by atoms with Crippen LogP contribution in [0.4, 0.5) is 5.69 Å². The predicted molar refractivity (Wildman–Crippen MR) is 133 cm³/mol. The van der Waals surface area contributed by atoms with E-state index in [4.69, 9.17) is 4.74 Å². The van der Waals surface area contributed by atoms with Crippen LogP contribution in [0.5, 0.6) is 0 Å². The normalized spacial score (nSPS) is 20.2. The van der Waals surface area contributed by atoms with Gasteiger partial charge in [0.1, 0.15) is 0 Å². The monoisotopic (exact) mass is 494 g/mol. The van der Waals surface area contributed by atoms with E-state index in [1.165, 1.54) is 21.8 Å². The number of benzene rings is 1. The molecule has 2 unspecified atom stereocenters. The van der Waals surface area contributed by atoms with E-state index in [1.54, 1.807) is 21.1 Å². The molecule has 2 atom stereocenters. The lowest BCUT2D eigenvalue weighted by Crippen LogP contribution is -2.46. The molecular weight excluding hydrogens is 468 g/mol. The Morgan fingerprint density at radius 2 is 1.88 bits per heavy atom. The third-order valence-electron chi connectivity index (χ3n) is 6.55. The topological polar surface area (TPSA) is 66.9 Å². The molecule has 0 N–H and O–H groups in total. The molecule has 34 heavy (non-hydrogen) atoms. The fourth-order valence-electron chi connectivity index (χ4n) is 4.73. The average Bonchev–Trinajstić information content (AvgIpc) is 3.54. The van der Waals surface area contributed by atoms with Crippen molar-refractivity contribution in [3.05, 3.63) is 74.1 Å². The van der Waals surface area contributed by atoms with Crippen molar-refractivity contribution >= 4 is 46.1 Å². The lowest BCUT2D eigenvalue weighted by atomic mass is 9.87. The van der Waals surface area contributed by atoms with Gasteiger partial charge in [-0.1, -0.05) is 23.8 Å². The van der Waals surface area contributed by atoms with Gasteiger partial charge in [-0.15, -0.1) is 22.7 Å². The summed E-state index contributed by atoms with van der Waals surface area (Å²) in [5.74, 6) is -1.15. The first-order valence-corrected chi connectivity index (χ1v) is 13.2. The molecule has 2 amide bonds. The number of carbonyl (C=O) groups excluding carboxylic acids is 3. The molecule has 3 aromatic rings. The van der Waals surface area contributed by atoms with E-state index in [2.05, 4.69) is 6.07 Å². The van der Waals surface area contributed by atoms with E-state index in [-0.39, 0.29) is 24.8 Å². The van der Waals surface area contributed by atoms with Crippen molar-refractivity contribution in [2.24, 2.45) is 5.92 Å². The summed E-state index contributed by atoms with van der Waals surface area (Å²) in [6, 6.07) is 13.2. The number of amides is 2. The highest BCUT2D eigenvalue weighted by atomic mass is 32.1. The molecule has 0 radical (unpaired) electrons. The highest BCUT2D eigenvalue weighted by Crippen LogP contribution is 2.42. The zero-order chi connectivity index (χ0) is 23.7. The van der Waals surface area contributed by atoms with Crippen molar-refractivity contribution in [1.82, 2.24) is 4.90 Å². The Hall–Kier alpha value is -2.97. The van der Waals surface area contributed by atoms with E-state index in [9.17, 15) is 14.4 Å². The molecule has 2 aliphatic rings. The molecule has 1 fully saturated rings. The van der Waals surface area contributed by atoms with Crippen LogP contribution in [0.25, 0.3) is 0 Å². The van der Waals surface area contributed by atoms with Crippen LogP contribution < -0.4 is 4.90 Å². The highest BCUT2D eigenvalue weighted by Gasteiger charge is 2.43. The molecule has 0 spiro atoms. The maximum absolute atomic E-state index is 13.3. The number of hydrogen-bond donors (Lipinski definition) is 0. The van der Waals surface area contributed by atoms with Crippen molar-refractivity contribution in [2.45, 2.75) is 38.8 Å². The number of nitrogens with zero attached hydrogens (tertiary/aromatic N) is 2. The van der Waals surface area contributed by atoms with Crippen molar-refractivity contribution in [3.8, 4) is 0 Å². The molecule has 1 aromatic carbocycles. The minimum Gasteiger partial charge on any atom is -0.455 e. The molecular formula is C26H26N2O4S2. The third-order valence-corrected chi connectivity index (χ3v) is 8.51. The number of aryl methyl sites for hydroxylation is 1.